The molecule has 2 aromatic rings. The third-order valence-corrected chi connectivity index (χ3v) is 3.83. The monoisotopic (exact) mass is 327 g/mol. The van der Waals surface area contributed by atoms with E-state index in [0.717, 1.165) is 20.8 Å². The molecule has 0 fully saturated rings. The smallest absolute Gasteiger partial charge is 0.258 e. The van der Waals surface area contributed by atoms with Crippen LogP contribution in [0, 0.1) is 3.57 Å². The summed E-state index contributed by atoms with van der Waals surface area (Å²) in [5.41, 5.74) is 0.116. The second-order valence-electron chi connectivity index (χ2n) is 3.99. The van der Waals surface area contributed by atoms with E-state index in [1.165, 1.54) is 0 Å². The van der Waals surface area contributed by atoms with E-state index in [4.69, 9.17) is 0 Å². The summed E-state index contributed by atoms with van der Waals surface area (Å²) in [4.78, 5) is 12.2. The Kier molecular flexibility index (Phi) is 3.33. The highest BCUT2D eigenvalue weighted by molar-refractivity contribution is 14.1. The van der Waals surface area contributed by atoms with Crippen LogP contribution in [0.4, 0.5) is 0 Å². The largest absolute Gasteiger partial charge is 0.311 e. The number of benzene rings is 1. The Balaban J connectivity index is 2.81. The van der Waals surface area contributed by atoms with Gasteiger partial charge in [0.2, 0.25) is 0 Å². The Morgan fingerprint density at radius 1 is 1.31 bits per heavy atom. The number of halogens is 1. The lowest BCUT2D eigenvalue weighted by molar-refractivity contribution is 0.516. The zero-order valence-corrected chi connectivity index (χ0v) is 11.6. The van der Waals surface area contributed by atoms with Crippen molar-refractivity contribution in [2.24, 2.45) is 0 Å². The van der Waals surface area contributed by atoms with Crippen molar-refractivity contribution in [2.75, 3.05) is 0 Å². The van der Waals surface area contributed by atoms with Gasteiger partial charge >= 0.3 is 0 Å². The molecule has 1 heterocycles. The fourth-order valence-corrected chi connectivity index (χ4v) is 2.56. The summed E-state index contributed by atoms with van der Waals surface area (Å²) in [6.07, 6.45) is 2.92. The van der Waals surface area contributed by atoms with Crippen molar-refractivity contribution in [3.8, 4) is 0 Å². The molecule has 0 radical (unpaired) electrons. The molecule has 84 valence electrons. The SMILES string of the molecule is CCC(C)n1cc(I)c2ccccc2c1=O. The first-order valence-corrected chi connectivity index (χ1v) is 6.52. The predicted molar refractivity (Wildman–Crippen MR) is 75.9 cm³/mol. The molecule has 1 aromatic heterocycles. The zero-order valence-electron chi connectivity index (χ0n) is 9.40. The van der Waals surface area contributed by atoms with Gasteiger partial charge in [0, 0.05) is 26.6 Å². The second kappa shape index (κ2) is 4.57. The summed E-state index contributed by atoms with van der Waals surface area (Å²) < 4.78 is 2.97. The molecule has 1 aromatic carbocycles. The number of rotatable bonds is 2. The van der Waals surface area contributed by atoms with Crippen LogP contribution in [0.25, 0.3) is 10.8 Å². The van der Waals surface area contributed by atoms with E-state index in [1.54, 1.807) is 0 Å². The molecule has 1 unspecified atom stereocenters. The van der Waals surface area contributed by atoms with Crippen molar-refractivity contribution in [3.63, 3.8) is 0 Å². The van der Waals surface area contributed by atoms with Gasteiger partial charge in [-0.05, 0) is 42.0 Å². The minimum atomic E-state index is 0.116. The Labute approximate surface area is 108 Å². The molecular weight excluding hydrogens is 313 g/mol. The van der Waals surface area contributed by atoms with Crippen LogP contribution < -0.4 is 5.56 Å². The molecule has 0 aliphatic rings. The minimum absolute atomic E-state index is 0.116. The third-order valence-electron chi connectivity index (χ3n) is 2.97. The molecule has 3 heteroatoms. The number of fused-ring (bicyclic) bond motifs is 1. The van der Waals surface area contributed by atoms with Crippen LogP contribution in [-0.4, -0.2) is 4.57 Å². The molecule has 0 amide bonds. The van der Waals surface area contributed by atoms with Gasteiger partial charge in [0.25, 0.3) is 5.56 Å². The van der Waals surface area contributed by atoms with Crippen molar-refractivity contribution < 1.29 is 0 Å². The topological polar surface area (TPSA) is 22.0 Å². The van der Waals surface area contributed by atoms with E-state index in [2.05, 4.69) is 36.4 Å². The van der Waals surface area contributed by atoms with Gasteiger partial charge in [-0.15, -0.1) is 0 Å². The van der Waals surface area contributed by atoms with Gasteiger partial charge in [-0.3, -0.25) is 4.79 Å². The van der Waals surface area contributed by atoms with Crippen molar-refractivity contribution in [1.82, 2.24) is 4.57 Å². The van der Waals surface area contributed by atoms with Crippen molar-refractivity contribution >= 4 is 33.4 Å². The Bertz CT molecular complexity index is 574. The lowest BCUT2D eigenvalue weighted by Gasteiger charge is -2.14. The molecule has 0 saturated heterocycles. The van der Waals surface area contributed by atoms with E-state index < -0.39 is 0 Å². The fourth-order valence-electron chi connectivity index (χ4n) is 1.79. The third kappa shape index (κ3) is 1.88. The summed E-state index contributed by atoms with van der Waals surface area (Å²) >= 11 is 2.29. The second-order valence-corrected chi connectivity index (χ2v) is 5.15. The quantitative estimate of drug-likeness (QED) is 0.773. The number of nitrogens with zero attached hydrogens (tertiary/aromatic N) is 1. The van der Waals surface area contributed by atoms with E-state index in [-0.39, 0.29) is 11.6 Å². The first kappa shape index (κ1) is 11.6. The molecule has 0 saturated carbocycles. The number of hydrogen-bond acceptors (Lipinski definition) is 1. The van der Waals surface area contributed by atoms with Crippen molar-refractivity contribution in [3.05, 3.63) is 44.4 Å². The standard InChI is InChI=1S/C13H14INO/c1-3-9(2)15-8-12(14)10-6-4-5-7-11(10)13(15)16/h4-9H,3H2,1-2H3. The lowest BCUT2D eigenvalue weighted by Crippen LogP contribution is -2.23. The molecule has 0 aliphatic heterocycles. The molecule has 1 atom stereocenters. The van der Waals surface area contributed by atoms with Gasteiger partial charge in [0.1, 0.15) is 0 Å². The average Bonchev–Trinajstić information content (AvgIpc) is 2.33. The molecule has 0 N–H and O–H groups in total. The summed E-state index contributed by atoms with van der Waals surface area (Å²) in [5.74, 6) is 0. The number of aromatic nitrogens is 1. The normalized spacial score (nSPS) is 12.9. The van der Waals surface area contributed by atoms with E-state index >= 15 is 0 Å². The maximum Gasteiger partial charge on any atom is 0.258 e. The van der Waals surface area contributed by atoms with Gasteiger partial charge in [-0.1, -0.05) is 25.1 Å². The first-order chi connectivity index (χ1) is 7.65. The molecule has 0 spiro atoms. The molecule has 0 bridgehead atoms. The van der Waals surface area contributed by atoms with Gasteiger partial charge in [0.15, 0.2) is 0 Å². The number of hydrogen-bond donors (Lipinski definition) is 0. The first-order valence-electron chi connectivity index (χ1n) is 5.44. The summed E-state index contributed by atoms with van der Waals surface area (Å²) in [7, 11) is 0. The maximum absolute atomic E-state index is 12.2. The Morgan fingerprint density at radius 2 is 1.94 bits per heavy atom. The van der Waals surface area contributed by atoms with Crippen LogP contribution in [0.5, 0.6) is 0 Å². The van der Waals surface area contributed by atoms with Gasteiger partial charge < -0.3 is 4.57 Å². The Morgan fingerprint density at radius 3 is 2.56 bits per heavy atom. The number of pyridine rings is 1. The van der Waals surface area contributed by atoms with E-state index in [9.17, 15) is 4.79 Å². The van der Waals surface area contributed by atoms with Gasteiger partial charge in [0.05, 0.1) is 0 Å². The van der Waals surface area contributed by atoms with Crippen molar-refractivity contribution in [1.29, 1.82) is 0 Å². The zero-order chi connectivity index (χ0) is 11.7. The van der Waals surface area contributed by atoms with Crippen LogP contribution in [0.15, 0.2) is 35.3 Å². The van der Waals surface area contributed by atoms with E-state index in [0.29, 0.717) is 0 Å². The molecular formula is C13H14INO. The highest BCUT2D eigenvalue weighted by Gasteiger charge is 2.09. The van der Waals surface area contributed by atoms with Crippen LogP contribution in [-0.2, 0) is 0 Å². The summed E-state index contributed by atoms with van der Waals surface area (Å²) in [6.45, 7) is 4.17. The lowest BCUT2D eigenvalue weighted by atomic mass is 10.1. The Hall–Kier alpha value is -0.840. The van der Waals surface area contributed by atoms with Crippen LogP contribution in [0.3, 0.4) is 0 Å². The summed E-state index contributed by atoms with van der Waals surface area (Å²) in [6, 6.07) is 8.04. The van der Waals surface area contributed by atoms with Gasteiger partial charge in [-0.2, -0.15) is 0 Å². The highest BCUT2D eigenvalue weighted by Crippen LogP contribution is 2.19. The molecule has 2 rings (SSSR count). The average molecular weight is 327 g/mol. The fraction of sp³-hybridized carbons (Fsp3) is 0.308. The predicted octanol–water partition coefficient (Wildman–Crippen LogP) is 3.58. The highest BCUT2D eigenvalue weighted by atomic mass is 127. The van der Waals surface area contributed by atoms with Crippen LogP contribution >= 0.6 is 22.6 Å². The maximum atomic E-state index is 12.2. The minimum Gasteiger partial charge on any atom is -0.311 e. The van der Waals surface area contributed by atoms with Crippen LogP contribution in [0.2, 0.25) is 0 Å². The molecule has 16 heavy (non-hydrogen) atoms. The molecule has 2 nitrogen and oxygen atoms in total. The van der Waals surface area contributed by atoms with Crippen molar-refractivity contribution in [2.45, 2.75) is 26.3 Å². The van der Waals surface area contributed by atoms with Gasteiger partial charge in [-0.25, -0.2) is 0 Å². The molecule has 0 aliphatic carbocycles. The van der Waals surface area contributed by atoms with Crippen LogP contribution in [0.1, 0.15) is 26.3 Å². The van der Waals surface area contributed by atoms with E-state index in [1.807, 2.05) is 35.0 Å². The summed E-state index contributed by atoms with van der Waals surface area (Å²) in [5, 5.41) is 1.86.